The number of fused-ring (bicyclic) bond motifs is 2. The molecule has 3 heterocycles. The molecule has 0 aromatic heterocycles. The van der Waals surface area contributed by atoms with Gasteiger partial charge in [0, 0.05) is 38.3 Å². The molecule has 31 heavy (non-hydrogen) atoms. The summed E-state index contributed by atoms with van der Waals surface area (Å²) in [7, 11) is 0. The van der Waals surface area contributed by atoms with Gasteiger partial charge in [-0.25, -0.2) is 0 Å². The average molecular weight is 418 g/mol. The van der Waals surface area contributed by atoms with E-state index in [0.717, 1.165) is 35.8 Å². The van der Waals surface area contributed by atoms with Crippen molar-refractivity contribution in [3.63, 3.8) is 0 Å². The van der Waals surface area contributed by atoms with E-state index in [1.165, 1.54) is 5.56 Å². The van der Waals surface area contributed by atoms with Crippen molar-refractivity contribution in [2.75, 3.05) is 18.0 Å². The lowest BCUT2D eigenvalue weighted by Gasteiger charge is -2.27. The van der Waals surface area contributed by atoms with E-state index in [4.69, 9.17) is 0 Å². The Morgan fingerprint density at radius 2 is 1.77 bits per heavy atom. The number of carbonyl (C=O) groups is 4. The van der Waals surface area contributed by atoms with Crippen molar-refractivity contribution >= 4 is 29.3 Å². The monoisotopic (exact) mass is 418 g/mol. The van der Waals surface area contributed by atoms with Crippen molar-refractivity contribution in [1.29, 1.82) is 0 Å². The van der Waals surface area contributed by atoms with Crippen LogP contribution in [0.3, 0.4) is 0 Å². The maximum atomic E-state index is 13.0. The normalized spacial score (nSPS) is 21.0. The van der Waals surface area contributed by atoms with Crippen LogP contribution >= 0.6 is 0 Å². The zero-order chi connectivity index (χ0) is 21.5. The van der Waals surface area contributed by atoms with Crippen LogP contribution in [0.25, 0.3) is 0 Å². The van der Waals surface area contributed by atoms with E-state index in [2.05, 4.69) is 27.7 Å². The molecule has 2 aromatic carbocycles. The number of hydrogen-bond donors (Lipinski definition) is 2. The molecule has 0 spiro atoms. The van der Waals surface area contributed by atoms with Gasteiger partial charge in [0.25, 0.3) is 11.8 Å². The SMILES string of the molecule is O=C1CCC(N2C(=O)c3ccc(CN4CCNCc5ccccc54)cc3C2=O)C(=O)N1. The van der Waals surface area contributed by atoms with E-state index < -0.39 is 23.8 Å². The fraction of sp³-hybridized carbons (Fsp3) is 0.304. The van der Waals surface area contributed by atoms with Gasteiger partial charge in [0.15, 0.2) is 0 Å². The van der Waals surface area contributed by atoms with Gasteiger partial charge in [0.2, 0.25) is 11.8 Å². The van der Waals surface area contributed by atoms with E-state index >= 15 is 0 Å². The van der Waals surface area contributed by atoms with Crippen LogP contribution in [-0.2, 0) is 22.7 Å². The van der Waals surface area contributed by atoms with Crippen molar-refractivity contribution in [1.82, 2.24) is 15.5 Å². The Hall–Kier alpha value is -3.52. The maximum absolute atomic E-state index is 13.0. The lowest BCUT2D eigenvalue weighted by molar-refractivity contribution is -0.136. The second-order valence-corrected chi connectivity index (χ2v) is 8.05. The number of benzene rings is 2. The Morgan fingerprint density at radius 1 is 0.968 bits per heavy atom. The van der Waals surface area contributed by atoms with Crippen LogP contribution in [0.1, 0.15) is 44.7 Å². The topological polar surface area (TPSA) is 98.8 Å². The third kappa shape index (κ3) is 3.38. The van der Waals surface area contributed by atoms with Crippen LogP contribution in [0, 0.1) is 0 Å². The van der Waals surface area contributed by atoms with Gasteiger partial charge >= 0.3 is 0 Å². The first-order valence-corrected chi connectivity index (χ1v) is 10.4. The van der Waals surface area contributed by atoms with Crippen LogP contribution in [0.5, 0.6) is 0 Å². The molecule has 0 radical (unpaired) electrons. The van der Waals surface area contributed by atoms with E-state index in [-0.39, 0.29) is 18.7 Å². The van der Waals surface area contributed by atoms with Gasteiger partial charge in [-0.2, -0.15) is 0 Å². The Labute approximate surface area is 179 Å². The molecule has 8 heteroatoms. The maximum Gasteiger partial charge on any atom is 0.262 e. The van der Waals surface area contributed by atoms with Gasteiger partial charge in [-0.15, -0.1) is 0 Å². The molecule has 3 aliphatic rings. The summed E-state index contributed by atoms with van der Waals surface area (Å²) in [5.74, 6) is -1.94. The lowest BCUT2D eigenvalue weighted by Crippen LogP contribution is -2.54. The second-order valence-electron chi connectivity index (χ2n) is 8.05. The minimum Gasteiger partial charge on any atom is -0.366 e. The number of piperidine rings is 1. The summed E-state index contributed by atoms with van der Waals surface area (Å²) in [6, 6.07) is 12.6. The average Bonchev–Trinajstić information content (AvgIpc) is 2.90. The number of imide groups is 2. The van der Waals surface area contributed by atoms with Crippen LogP contribution in [0.4, 0.5) is 5.69 Å². The molecule has 1 unspecified atom stereocenters. The summed E-state index contributed by atoms with van der Waals surface area (Å²) >= 11 is 0. The quantitative estimate of drug-likeness (QED) is 0.727. The van der Waals surface area contributed by atoms with Crippen LogP contribution in [0.2, 0.25) is 0 Å². The van der Waals surface area contributed by atoms with Gasteiger partial charge in [0.1, 0.15) is 6.04 Å². The highest BCUT2D eigenvalue weighted by Gasteiger charge is 2.44. The third-order valence-corrected chi connectivity index (χ3v) is 6.08. The molecule has 5 rings (SSSR count). The number of nitrogens with one attached hydrogen (secondary N) is 2. The van der Waals surface area contributed by atoms with Gasteiger partial charge in [-0.05, 0) is 35.7 Å². The van der Waals surface area contributed by atoms with E-state index in [1.54, 1.807) is 12.1 Å². The number of carbonyl (C=O) groups excluding carboxylic acids is 4. The molecule has 1 atom stereocenters. The predicted octanol–water partition coefficient (Wildman–Crippen LogP) is 1.20. The fourth-order valence-corrected chi connectivity index (χ4v) is 4.53. The summed E-state index contributed by atoms with van der Waals surface area (Å²) in [5, 5.41) is 5.63. The van der Waals surface area contributed by atoms with Gasteiger partial charge in [-0.1, -0.05) is 24.3 Å². The Morgan fingerprint density at radius 3 is 2.61 bits per heavy atom. The van der Waals surface area contributed by atoms with Gasteiger partial charge in [-0.3, -0.25) is 29.4 Å². The first-order chi connectivity index (χ1) is 15.0. The van der Waals surface area contributed by atoms with Crippen LogP contribution in [0.15, 0.2) is 42.5 Å². The molecule has 2 N–H and O–H groups in total. The standard InChI is InChI=1S/C23H22N4O4/c28-20-8-7-19(21(29)25-20)27-22(30)16-6-5-14(11-17(16)23(27)31)13-26-10-9-24-12-15-3-1-2-4-18(15)26/h1-6,11,19,24H,7-10,12-13H2,(H,25,28,29). The van der Waals surface area contributed by atoms with Gasteiger partial charge < -0.3 is 10.2 Å². The van der Waals surface area contributed by atoms with Crippen molar-refractivity contribution in [2.45, 2.75) is 32.0 Å². The molecule has 1 saturated heterocycles. The minimum atomic E-state index is -0.947. The lowest BCUT2D eigenvalue weighted by atomic mass is 10.0. The molecule has 1 fully saturated rings. The van der Waals surface area contributed by atoms with Gasteiger partial charge in [0.05, 0.1) is 11.1 Å². The fourth-order valence-electron chi connectivity index (χ4n) is 4.53. The summed E-state index contributed by atoms with van der Waals surface area (Å²) < 4.78 is 0. The minimum absolute atomic E-state index is 0.109. The van der Waals surface area contributed by atoms with E-state index in [0.29, 0.717) is 17.7 Å². The smallest absolute Gasteiger partial charge is 0.262 e. The van der Waals surface area contributed by atoms with E-state index in [1.807, 2.05) is 18.2 Å². The Kier molecular flexibility index (Phi) is 4.78. The zero-order valence-corrected chi connectivity index (χ0v) is 16.9. The second kappa shape index (κ2) is 7.63. The highest BCUT2D eigenvalue weighted by Crippen LogP contribution is 2.30. The molecule has 4 amide bonds. The molecular weight excluding hydrogens is 396 g/mol. The highest BCUT2D eigenvalue weighted by molar-refractivity contribution is 6.23. The highest BCUT2D eigenvalue weighted by atomic mass is 16.2. The molecule has 0 aliphatic carbocycles. The van der Waals surface area contributed by atoms with Crippen LogP contribution in [-0.4, -0.2) is 47.7 Å². The number of hydrogen-bond acceptors (Lipinski definition) is 6. The largest absolute Gasteiger partial charge is 0.366 e. The van der Waals surface area contributed by atoms with Crippen molar-refractivity contribution in [3.8, 4) is 0 Å². The summed E-state index contributed by atoms with van der Waals surface area (Å²) in [4.78, 5) is 52.8. The number of anilines is 1. The number of para-hydroxylation sites is 1. The van der Waals surface area contributed by atoms with Crippen molar-refractivity contribution < 1.29 is 19.2 Å². The first kappa shape index (κ1) is 19.4. The molecule has 0 bridgehead atoms. The summed E-state index contributed by atoms with van der Waals surface area (Å²) in [6.45, 7) is 3.08. The van der Waals surface area contributed by atoms with Crippen LogP contribution < -0.4 is 15.5 Å². The Bertz CT molecular complexity index is 1110. The predicted molar refractivity (Wildman–Crippen MR) is 112 cm³/mol. The summed E-state index contributed by atoms with van der Waals surface area (Å²) in [6.07, 6.45) is 0.262. The van der Waals surface area contributed by atoms with Crippen molar-refractivity contribution in [2.24, 2.45) is 0 Å². The molecule has 158 valence electrons. The molecule has 8 nitrogen and oxygen atoms in total. The Balaban J connectivity index is 1.41. The molecule has 3 aliphatic heterocycles. The van der Waals surface area contributed by atoms with Crippen molar-refractivity contribution in [3.05, 3.63) is 64.7 Å². The van der Waals surface area contributed by atoms with E-state index in [9.17, 15) is 19.2 Å². The molecule has 0 saturated carbocycles. The molecular formula is C23H22N4O4. The summed E-state index contributed by atoms with van der Waals surface area (Å²) in [5.41, 5.74) is 3.91. The number of nitrogens with zero attached hydrogens (tertiary/aromatic N) is 2. The molecule has 2 aromatic rings. The zero-order valence-electron chi connectivity index (χ0n) is 16.9. The third-order valence-electron chi connectivity index (χ3n) is 6.08. The number of amides is 4. The number of rotatable bonds is 3. The first-order valence-electron chi connectivity index (χ1n) is 10.4.